The highest BCUT2D eigenvalue weighted by Gasteiger charge is 2.40. The summed E-state index contributed by atoms with van der Waals surface area (Å²) in [5, 5.41) is 7.69. The molecule has 2 fully saturated rings. The van der Waals surface area contributed by atoms with Crippen molar-refractivity contribution in [2.45, 2.75) is 63.1 Å². The molecule has 42 heavy (non-hydrogen) atoms. The molecule has 230 valence electrons. The monoisotopic (exact) mass is 616 g/mol. The first-order chi connectivity index (χ1) is 20.2. The van der Waals surface area contributed by atoms with Crippen LogP contribution in [0, 0.1) is 0 Å². The van der Waals surface area contributed by atoms with E-state index in [1.54, 1.807) is 12.1 Å². The van der Waals surface area contributed by atoms with Crippen molar-refractivity contribution < 1.29 is 9.59 Å². The Balaban J connectivity index is 1.38. The summed E-state index contributed by atoms with van der Waals surface area (Å²) in [6.07, 6.45) is 6.55. The molecule has 1 aliphatic heterocycles. The largest absolute Gasteiger partial charge is 0.378 e. The summed E-state index contributed by atoms with van der Waals surface area (Å²) in [6, 6.07) is 13.2. The molecule has 2 aromatic carbocycles. The number of carbonyl (C=O) groups excluding carboxylic acids is 2. The van der Waals surface area contributed by atoms with E-state index in [0.717, 1.165) is 31.7 Å². The molecular weight excluding hydrogens is 571 g/mol. The summed E-state index contributed by atoms with van der Waals surface area (Å²) in [6.45, 7) is 4.89. The predicted octanol–water partition coefficient (Wildman–Crippen LogP) is 4.07. The maximum absolute atomic E-state index is 13.8. The van der Waals surface area contributed by atoms with Gasteiger partial charge in [-0.25, -0.2) is 0 Å². The van der Waals surface area contributed by atoms with Gasteiger partial charge in [0.05, 0.1) is 0 Å². The summed E-state index contributed by atoms with van der Waals surface area (Å²) >= 11 is 12.5. The number of piperazine rings is 1. The lowest BCUT2D eigenvalue weighted by Crippen LogP contribution is -2.63. The molecule has 0 radical (unpaired) electrons. The van der Waals surface area contributed by atoms with Crippen LogP contribution in [-0.4, -0.2) is 86.6 Å². The van der Waals surface area contributed by atoms with Gasteiger partial charge in [0.25, 0.3) is 0 Å². The first kappa shape index (κ1) is 32.6. The minimum atomic E-state index is -0.710. The minimum Gasteiger partial charge on any atom is -0.378 e. The van der Waals surface area contributed by atoms with E-state index in [1.165, 1.54) is 43.4 Å². The van der Waals surface area contributed by atoms with Gasteiger partial charge in [0.15, 0.2) is 0 Å². The number of benzene rings is 2. The van der Waals surface area contributed by atoms with Crippen molar-refractivity contribution in [2.24, 2.45) is 5.73 Å². The molecule has 1 atom stereocenters. The highest BCUT2D eigenvalue weighted by atomic mass is 35.5. The Bertz CT molecular complexity index is 1180. The zero-order chi connectivity index (χ0) is 30.1. The summed E-state index contributed by atoms with van der Waals surface area (Å²) < 4.78 is 0. The highest BCUT2D eigenvalue weighted by molar-refractivity contribution is 6.35. The van der Waals surface area contributed by atoms with Gasteiger partial charge in [0.2, 0.25) is 11.8 Å². The maximum Gasteiger partial charge on any atom is 0.245 e. The fraction of sp³-hybridized carbons (Fsp3) is 0.562. The van der Waals surface area contributed by atoms with Crippen LogP contribution in [0.15, 0.2) is 42.5 Å². The average molecular weight is 618 g/mol. The van der Waals surface area contributed by atoms with E-state index in [9.17, 15) is 9.59 Å². The van der Waals surface area contributed by atoms with Crippen molar-refractivity contribution >= 4 is 40.7 Å². The topological polar surface area (TPSA) is 93.9 Å². The smallest absolute Gasteiger partial charge is 0.245 e. The van der Waals surface area contributed by atoms with Gasteiger partial charge < -0.3 is 26.2 Å². The molecule has 2 aliphatic rings. The molecule has 0 unspecified atom stereocenters. The second kappa shape index (κ2) is 15.4. The van der Waals surface area contributed by atoms with Crippen molar-refractivity contribution in [3.63, 3.8) is 0 Å². The first-order valence-corrected chi connectivity index (χ1v) is 15.9. The first-order valence-electron chi connectivity index (χ1n) is 15.1. The van der Waals surface area contributed by atoms with Gasteiger partial charge >= 0.3 is 0 Å². The zero-order valence-corrected chi connectivity index (χ0v) is 26.5. The summed E-state index contributed by atoms with van der Waals surface area (Å²) in [5.74, 6) is -0.314. The van der Waals surface area contributed by atoms with Crippen LogP contribution in [0.5, 0.6) is 0 Å². The molecule has 10 heteroatoms. The lowest BCUT2D eigenvalue weighted by atomic mass is 9.79. The van der Waals surface area contributed by atoms with Crippen molar-refractivity contribution in [3.05, 3.63) is 63.6 Å². The molecule has 0 aromatic heterocycles. The van der Waals surface area contributed by atoms with Crippen LogP contribution in [0.4, 0.5) is 5.69 Å². The van der Waals surface area contributed by atoms with Crippen LogP contribution in [0.2, 0.25) is 10.0 Å². The second-order valence-corrected chi connectivity index (χ2v) is 12.7. The lowest BCUT2D eigenvalue weighted by molar-refractivity contribution is -0.139. The van der Waals surface area contributed by atoms with Crippen LogP contribution >= 0.6 is 23.2 Å². The number of nitrogens with two attached hydrogens (primary N) is 1. The van der Waals surface area contributed by atoms with E-state index >= 15 is 0 Å². The van der Waals surface area contributed by atoms with Crippen LogP contribution in [0.1, 0.15) is 49.7 Å². The minimum absolute atomic E-state index is 0.0805. The maximum atomic E-state index is 13.8. The number of hydrogen-bond acceptors (Lipinski definition) is 6. The molecular formula is C32H46Cl2N6O2. The van der Waals surface area contributed by atoms with Crippen molar-refractivity contribution in [1.29, 1.82) is 0 Å². The van der Waals surface area contributed by atoms with Gasteiger partial charge in [-0.15, -0.1) is 0 Å². The van der Waals surface area contributed by atoms with Gasteiger partial charge in [0, 0.05) is 94.0 Å². The van der Waals surface area contributed by atoms with E-state index < -0.39 is 6.04 Å². The van der Waals surface area contributed by atoms with E-state index in [1.807, 2.05) is 11.0 Å². The number of hydrogen-bond donors (Lipinski definition) is 3. The molecule has 1 aliphatic carbocycles. The van der Waals surface area contributed by atoms with E-state index in [-0.39, 0.29) is 30.3 Å². The normalized spacial score (nSPS) is 18.0. The SMILES string of the molecule is CN(C)c1ccc(CNCC2(N3CCN(C(=O)[C@@H](Cc4ccc(Cl)cc4Cl)NC(=O)CCN)CC3)CCCCC2)cc1. The average Bonchev–Trinajstić information content (AvgIpc) is 2.98. The van der Waals surface area contributed by atoms with Gasteiger partial charge in [-0.3, -0.25) is 14.5 Å². The molecule has 1 heterocycles. The van der Waals surface area contributed by atoms with E-state index in [2.05, 4.69) is 58.8 Å². The molecule has 2 amide bonds. The third-order valence-electron chi connectivity index (χ3n) is 8.73. The number of rotatable bonds is 12. The molecule has 4 N–H and O–H groups in total. The highest BCUT2D eigenvalue weighted by Crippen LogP contribution is 2.34. The Kier molecular flexibility index (Phi) is 11.9. The molecule has 0 spiro atoms. The number of nitrogens with one attached hydrogen (secondary N) is 2. The van der Waals surface area contributed by atoms with Gasteiger partial charge in [-0.2, -0.15) is 0 Å². The van der Waals surface area contributed by atoms with Gasteiger partial charge in [-0.05, 0) is 48.2 Å². The number of amides is 2. The molecule has 2 aromatic rings. The van der Waals surface area contributed by atoms with Crippen LogP contribution in [-0.2, 0) is 22.6 Å². The Morgan fingerprint density at radius 1 is 1.00 bits per heavy atom. The third-order valence-corrected chi connectivity index (χ3v) is 9.31. The summed E-state index contributed by atoms with van der Waals surface area (Å²) in [5.41, 5.74) is 8.95. The van der Waals surface area contributed by atoms with Crippen molar-refractivity contribution in [1.82, 2.24) is 20.4 Å². The molecule has 4 rings (SSSR count). The molecule has 1 saturated heterocycles. The Morgan fingerprint density at radius 2 is 1.69 bits per heavy atom. The fourth-order valence-electron chi connectivity index (χ4n) is 6.29. The van der Waals surface area contributed by atoms with E-state index in [4.69, 9.17) is 28.9 Å². The number of halogens is 2. The summed E-state index contributed by atoms with van der Waals surface area (Å²) in [4.78, 5) is 32.9. The molecule has 8 nitrogen and oxygen atoms in total. The second-order valence-electron chi connectivity index (χ2n) is 11.9. The number of anilines is 1. The number of nitrogens with zero attached hydrogens (tertiary/aromatic N) is 3. The standard InChI is InChI=1S/C32H46Cl2N6O2/c1-38(2)27-10-6-24(7-11-27)22-36-23-32(13-4-3-5-14-32)40-18-16-39(17-19-40)31(42)29(37-30(41)12-15-35)20-25-8-9-26(33)21-28(25)34/h6-11,21,29,36H,3-5,12-20,22-23,35H2,1-2H3,(H,37,41)/t29-/m1/s1. The fourth-order valence-corrected chi connectivity index (χ4v) is 6.78. The Hall–Kier alpha value is -2.36. The molecule has 1 saturated carbocycles. The number of carbonyl (C=O) groups is 2. The summed E-state index contributed by atoms with van der Waals surface area (Å²) in [7, 11) is 4.11. The predicted molar refractivity (Wildman–Crippen MR) is 172 cm³/mol. The quantitative estimate of drug-likeness (QED) is 0.333. The zero-order valence-electron chi connectivity index (χ0n) is 25.0. The van der Waals surface area contributed by atoms with Crippen molar-refractivity contribution in [3.8, 4) is 0 Å². The van der Waals surface area contributed by atoms with Crippen LogP contribution in [0.3, 0.4) is 0 Å². The lowest BCUT2D eigenvalue weighted by Gasteiger charge is -2.50. The van der Waals surface area contributed by atoms with Gasteiger partial charge in [-0.1, -0.05) is 60.7 Å². The van der Waals surface area contributed by atoms with Crippen molar-refractivity contribution in [2.75, 3.05) is 58.3 Å². The Morgan fingerprint density at radius 3 is 2.31 bits per heavy atom. The van der Waals surface area contributed by atoms with Crippen LogP contribution < -0.4 is 21.3 Å². The molecule has 0 bridgehead atoms. The third kappa shape index (κ3) is 8.60. The Labute approximate surface area is 260 Å². The van der Waals surface area contributed by atoms with Crippen LogP contribution in [0.25, 0.3) is 0 Å². The van der Waals surface area contributed by atoms with E-state index in [0.29, 0.717) is 29.6 Å². The van der Waals surface area contributed by atoms with Gasteiger partial charge in [0.1, 0.15) is 6.04 Å².